The summed E-state index contributed by atoms with van der Waals surface area (Å²) in [5, 5.41) is 21.2. The average molecular weight is 382 g/mol. The number of allylic oxidation sites excluding steroid dienone is 1. The molecular formula is C16H9Cl2NO6. The van der Waals surface area contributed by atoms with Crippen LogP contribution in [0.2, 0.25) is 10.0 Å². The van der Waals surface area contributed by atoms with E-state index < -0.39 is 22.1 Å². The van der Waals surface area contributed by atoms with E-state index in [4.69, 9.17) is 32.7 Å². The van der Waals surface area contributed by atoms with Gasteiger partial charge in [0.15, 0.2) is 17.3 Å². The number of phenols is 1. The van der Waals surface area contributed by atoms with Gasteiger partial charge in [0.2, 0.25) is 11.5 Å². The highest BCUT2D eigenvalue weighted by Gasteiger charge is 2.32. The molecule has 2 aromatic carbocycles. The highest BCUT2D eigenvalue weighted by Crippen LogP contribution is 2.43. The Balaban J connectivity index is 2.10. The van der Waals surface area contributed by atoms with Gasteiger partial charge in [-0.1, -0.05) is 23.2 Å². The lowest BCUT2D eigenvalue weighted by Gasteiger charge is -2.06. The smallest absolute Gasteiger partial charge is 0.315 e. The topological polar surface area (TPSA) is 98.9 Å². The third-order valence-electron chi connectivity index (χ3n) is 3.51. The summed E-state index contributed by atoms with van der Waals surface area (Å²) in [5.41, 5.74) is -0.212. The Hall–Kier alpha value is -2.77. The van der Waals surface area contributed by atoms with Crippen LogP contribution in [0.3, 0.4) is 0 Å². The first-order chi connectivity index (χ1) is 11.8. The number of hydrogen-bond donors (Lipinski definition) is 1. The van der Waals surface area contributed by atoms with E-state index in [2.05, 4.69) is 0 Å². The number of methoxy groups -OCH3 is 1. The highest BCUT2D eigenvalue weighted by molar-refractivity contribution is 6.39. The van der Waals surface area contributed by atoms with Crippen LogP contribution >= 0.6 is 23.2 Å². The molecule has 1 heterocycles. The number of hydrogen-bond acceptors (Lipinski definition) is 6. The summed E-state index contributed by atoms with van der Waals surface area (Å²) >= 11 is 12.0. The van der Waals surface area contributed by atoms with Gasteiger partial charge in [-0.2, -0.15) is 0 Å². The number of nitrogens with zero attached hydrogens (tertiary/aromatic N) is 1. The van der Waals surface area contributed by atoms with Gasteiger partial charge in [-0.3, -0.25) is 14.9 Å². The number of phenolic OH excluding ortho intramolecular Hbond substituents is 1. The summed E-state index contributed by atoms with van der Waals surface area (Å²) in [6, 6.07) is 5.39. The van der Waals surface area contributed by atoms with Crippen LogP contribution in [-0.4, -0.2) is 22.9 Å². The van der Waals surface area contributed by atoms with Crippen LogP contribution in [0, 0.1) is 10.1 Å². The Bertz CT molecular complexity index is 954. The van der Waals surface area contributed by atoms with E-state index >= 15 is 0 Å². The molecule has 0 aliphatic carbocycles. The number of ketones is 1. The van der Waals surface area contributed by atoms with Gasteiger partial charge in [0.1, 0.15) is 0 Å². The van der Waals surface area contributed by atoms with E-state index in [1.54, 1.807) is 0 Å². The molecular weight excluding hydrogens is 373 g/mol. The zero-order chi connectivity index (χ0) is 18.3. The lowest BCUT2D eigenvalue weighted by molar-refractivity contribution is -0.386. The number of fused-ring (bicyclic) bond motifs is 1. The minimum absolute atomic E-state index is 0.105. The standard InChI is InChI=1S/C16H9Cl2NO6/c1-24-11-5-7(4-10(14(11)20)19(22)23)6-12-15(21)13-8(17)2-3-9(18)16(13)25-12/h2-6,20H,1H3/b12-6-. The van der Waals surface area contributed by atoms with E-state index in [1.807, 2.05) is 0 Å². The van der Waals surface area contributed by atoms with E-state index in [9.17, 15) is 20.0 Å². The third kappa shape index (κ3) is 2.88. The fraction of sp³-hybridized carbons (Fsp3) is 0.0625. The molecule has 9 heteroatoms. The molecule has 1 aliphatic rings. The fourth-order valence-corrected chi connectivity index (χ4v) is 2.79. The largest absolute Gasteiger partial charge is 0.500 e. The molecule has 7 nitrogen and oxygen atoms in total. The molecule has 0 amide bonds. The Morgan fingerprint density at radius 3 is 2.56 bits per heavy atom. The maximum absolute atomic E-state index is 12.5. The predicted molar refractivity (Wildman–Crippen MR) is 90.7 cm³/mol. The van der Waals surface area contributed by atoms with Crippen molar-refractivity contribution >= 4 is 40.7 Å². The first-order valence-electron chi connectivity index (χ1n) is 6.81. The van der Waals surface area contributed by atoms with Crippen molar-refractivity contribution in [2.75, 3.05) is 7.11 Å². The molecule has 0 unspecified atom stereocenters. The second-order valence-corrected chi connectivity index (χ2v) is 5.84. The Morgan fingerprint density at radius 1 is 1.28 bits per heavy atom. The Kier molecular flexibility index (Phi) is 4.28. The van der Waals surface area contributed by atoms with Crippen molar-refractivity contribution < 1.29 is 24.3 Å². The lowest BCUT2D eigenvalue weighted by Crippen LogP contribution is -1.99. The Morgan fingerprint density at radius 2 is 1.96 bits per heavy atom. The van der Waals surface area contributed by atoms with Crippen molar-refractivity contribution in [1.82, 2.24) is 0 Å². The van der Waals surface area contributed by atoms with Crippen LogP contribution in [-0.2, 0) is 0 Å². The normalized spacial score (nSPS) is 14.4. The van der Waals surface area contributed by atoms with Gasteiger partial charge in [-0.15, -0.1) is 0 Å². The Labute approximate surface area is 151 Å². The van der Waals surface area contributed by atoms with E-state index in [1.165, 1.54) is 31.4 Å². The maximum atomic E-state index is 12.5. The lowest BCUT2D eigenvalue weighted by atomic mass is 10.1. The van der Waals surface area contributed by atoms with Crippen molar-refractivity contribution in [2.45, 2.75) is 0 Å². The molecule has 0 spiro atoms. The SMILES string of the molecule is COc1cc(/C=C2\Oc3c(Cl)ccc(Cl)c3C2=O)cc([N+](=O)[O-])c1O. The third-order valence-corrected chi connectivity index (χ3v) is 4.13. The monoisotopic (exact) mass is 381 g/mol. The minimum Gasteiger partial charge on any atom is -0.500 e. The second kappa shape index (κ2) is 6.27. The van der Waals surface area contributed by atoms with Crippen LogP contribution in [0.15, 0.2) is 30.0 Å². The number of carbonyl (C=O) groups excluding carboxylic acids is 1. The van der Waals surface area contributed by atoms with E-state index in [0.29, 0.717) is 0 Å². The quantitative estimate of drug-likeness (QED) is 0.485. The number of carbonyl (C=O) groups is 1. The van der Waals surface area contributed by atoms with Gasteiger partial charge in [0.25, 0.3) is 0 Å². The molecule has 0 bridgehead atoms. The van der Waals surface area contributed by atoms with Gasteiger partial charge < -0.3 is 14.6 Å². The van der Waals surface area contributed by atoms with E-state index in [-0.39, 0.29) is 38.4 Å². The number of halogens is 2. The second-order valence-electron chi connectivity index (χ2n) is 5.02. The molecule has 0 radical (unpaired) electrons. The molecule has 128 valence electrons. The predicted octanol–water partition coefficient (Wildman–Crippen LogP) is 4.23. The number of rotatable bonds is 3. The zero-order valence-corrected chi connectivity index (χ0v) is 14.1. The number of aromatic hydroxyl groups is 1. The molecule has 1 N–H and O–H groups in total. The van der Waals surface area contributed by atoms with Crippen molar-refractivity contribution in [1.29, 1.82) is 0 Å². The summed E-state index contributed by atoms with van der Waals surface area (Å²) < 4.78 is 10.4. The summed E-state index contributed by atoms with van der Waals surface area (Å²) in [6.45, 7) is 0. The molecule has 0 saturated carbocycles. The zero-order valence-electron chi connectivity index (χ0n) is 12.6. The van der Waals surface area contributed by atoms with Gasteiger partial charge in [-0.05, 0) is 29.8 Å². The van der Waals surface area contributed by atoms with Gasteiger partial charge in [-0.25, -0.2) is 0 Å². The number of nitro benzene ring substituents is 1. The molecule has 2 aromatic rings. The van der Waals surface area contributed by atoms with Crippen LogP contribution < -0.4 is 9.47 Å². The van der Waals surface area contributed by atoms with Gasteiger partial charge in [0.05, 0.1) is 27.6 Å². The van der Waals surface area contributed by atoms with Crippen molar-refractivity contribution in [3.63, 3.8) is 0 Å². The van der Waals surface area contributed by atoms with Gasteiger partial charge >= 0.3 is 5.69 Å². The first-order valence-corrected chi connectivity index (χ1v) is 7.56. The fourth-order valence-electron chi connectivity index (χ4n) is 2.36. The summed E-state index contributed by atoms with van der Waals surface area (Å²) in [4.78, 5) is 22.7. The van der Waals surface area contributed by atoms with Gasteiger partial charge in [0, 0.05) is 6.07 Å². The number of benzene rings is 2. The summed E-state index contributed by atoms with van der Waals surface area (Å²) in [5.74, 6) is -1.20. The van der Waals surface area contributed by atoms with Crippen LogP contribution in [0.1, 0.15) is 15.9 Å². The van der Waals surface area contributed by atoms with Crippen molar-refractivity contribution in [3.8, 4) is 17.2 Å². The molecule has 25 heavy (non-hydrogen) atoms. The number of ether oxygens (including phenoxy) is 2. The molecule has 0 atom stereocenters. The first kappa shape index (κ1) is 17.1. The summed E-state index contributed by atoms with van der Waals surface area (Å²) in [7, 11) is 1.25. The molecule has 0 aromatic heterocycles. The van der Waals surface area contributed by atoms with Crippen LogP contribution in [0.25, 0.3) is 6.08 Å². The maximum Gasteiger partial charge on any atom is 0.315 e. The highest BCUT2D eigenvalue weighted by atomic mass is 35.5. The minimum atomic E-state index is -0.764. The van der Waals surface area contributed by atoms with Crippen LogP contribution in [0.5, 0.6) is 17.2 Å². The van der Waals surface area contributed by atoms with Crippen LogP contribution in [0.4, 0.5) is 5.69 Å². The van der Waals surface area contributed by atoms with Crippen molar-refractivity contribution in [3.05, 3.63) is 61.3 Å². The number of nitro groups is 1. The molecule has 3 rings (SSSR count). The van der Waals surface area contributed by atoms with E-state index in [0.717, 1.165) is 6.07 Å². The average Bonchev–Trinajstić information content (AvgIpc) is 2.90. The number of Topliss-reactive ketones (excluding diaryl/α,β-unsaturated/α-hetero) is 1. The molecule has 0 saturated heterocycles. The molecule has 0 fully saturated rings. The molecule has 1 aliphatic heterocycles. The van der Waals surface area contributed by atoms with Crippen molar-refractivity contribution in [2.24, 2.45) is 0 Å². The summed E-state index contributed by atoms with van der Waals surface area (Å²) in [6.07, 6.45) is 1.28.